The van der Waals surface area contributed by atoms with Gasteiger partial charge in [-0.1, -0.05) is 13.0 Å². The average molecular weight is 325 g/mol. The highest BCUT2D eigenvalue weighted by Crippen LogP contribution is 2.44. The lowest BCUT2D eigenvalue weighted by molar-refractivity contribution is 0.354. The van der Waals surface area contributed by atoms with E-state index in [0.717, 1.165) is 30.4 Å². The summed E-state index contributed by atoms with van der Waals surface area (Å²) in [6.07, 6.45) is 3.13. The minimum absolute atomic E-state index is 0.0350. The van der Waals surface area contributed by atoms with Gasteiger partial charge in [-0.25, -0.2) is 0 Å². The number of nitrogens with two attached hydrogens (primary N) is 1. The lowest BCUT2D eigenvalue weighted by atomic mass is 9.74. The van der Waals surface area contributed by atoms with E-state index in [2.05, 4.69) is 18.3 Å². The smallest absolute Gasteiger partial charge is 0.161 e. The normalized spacial score (nSPS) is 23.2. The molecule has 1 aliphatic heterocycles. The van der Waals surface area contributed by atoms with E-state index in [1.165, 1.54) is 5.57 Å². The molecule has 0 radical (unpaired) electrons. The lowest BCUT2D eigenvalue weighted by Crippen LogP contribution is -2.36. The summed E-state index contributed by atoms with van der Waals surface area (Å²) < 4.78 is 10.8. The van der Waals surface area contributed by atoms with E-state index in [-0.39, 0.29) is 6.04 Å². The number of dihydropyridines is 1. The van der Waals surface area contributed by atoms with Gasteiger partial charge in [0.25, 0.3) is 0 Å². The number of nitrogens with zero attached hydrogens (tertiary/aromatic N) is 1. The Balaban J connectivity index is 2.10. The number of rotatable bonds is 3. The molecule has 3 rings (SSSR count). The summed E-state index contributed by atoms with van der Waals surface area (Å²) in [6, 6.07) is 8.15. The average Bonchev–Trinajstić information content (AvgIpc) is 2.60. The van der Waals surface area contributed by atoms with Crippen molar-refractivity contribution >= 4 is 0 Å². The van der Waals surface area contributed by atoms with Crippen LogP contribution in [0.3, 0.4) is 0 Å². The topological polar surface area (TPSA) is 80.3 Å². The monoisotopic (exact) mass is 325 g/mol. The Hall–Kier alpha value is -2.61. The Morgan fingerprint density at radius 1 is 1.25 bits per heavy atom. The Morgan fingerprint density at radius 3 is 2.67 bits per heavy atom. The molecular formula is C19H23N3O2. The first-order chi connectivity index (χ1) is 11.6. The summed E-state index contributed by atoms with van der Waals surface area (Å²) in [5, 5.41) is 12.8. The van der Waals surface area contributed by atoms with Crippen molar-refractivity contribution in [2.45, 2.75) is 32.2 Å². The van der Waals surface area contributed by atoms with Crippen LogP contribution in [0.2, 0.25) is 0 Å². The second-order valence-electron chi connectivity index (χ2n) is 6.32. The summed E-state index contributed by atoms with van der Waals surface area (Å²) >= 11 is 0. The third-order valence-electron chi connectivity index (χ3n) is 4.98. The van der Waals surface area contributed by atoms with Gasteiger partial charge in [-0.3, -0.25) is 0 Å². The van der Waals surface area contributed by atoms with Crippen molar-refractivity contribution in [3.8, 4) is 17.6 Å². The van der Waals surface area contributed by atoms with Crippen LogP contribution in [0, 0.1) is 17.2 Å². The van der Waals surface area contributed by atoms with Crippen molar-refractivity contribution in [1.29, 1.82) is 5.26 Å². The zero-order chi connectivity index (χ0) is 17.3. The summed E-state index contributed by atoms with van der Waals surface area (Å²) in [4.78, 5) is 0. The maximum Gasteiger partial charge on any atom is 0.161 e. The van der Waals surface area contributed by atoms with Crippen LogP contribution in [0.15, 0.2) is 40.7 Å². The summed E-state index contributed by atoms with van der Waals surface area (Å²) in [5.41, 5.74) is 10.2. The minimum atomic E-state index is -0.0350. The van der Waals surface area contributed by atoms with Gasteiger partial charge in [-0.2, -0.15) is 5.26 Å². The molecular weight excluding hydrogens is 302 g/mol. The van der Waals surface area contributed by atoms with Gasteiger partial charge in [0.05, 0.1) is 25.8 Å². The van der Waals surface area contributed by atoms with Crippen LogP contribution in [0.4, 0.5) is 0 Å². The zero-order valence-corrected chi connectivity index (χ0v) is 14.3. The Kier molecular flexibility index (Phi) is 4.39. The molecule has 5 heteroatoms. The van der Waals surface area contributed by atoms with E-state index < -0.39 is 0 Å². The van der Waals surface area contributed by atoms with Crippen LogP contribution in [0.25, 0.3) is 0 Å². The van der Waals surface area contributed by atoms with E-state index in [9.17, 15) is 5.26 Å². The molecule has 1 heterocycles. The second kappa shape index (κ2) is 6.48. The summed E-state index contributed by atoms with van der Waals surface area (Å²) in [7, 11) is 3.26. The third kappa shape index (κ3) is 2.58. The molecule has 1 aromatic rings. The molecule has 0 aromatic heterocycles. The van der Waals surface area contributed by atoms with E-state index in [1.807, 2.05) is 18.2 Å². The molecule has 0 spiro atoms. The number of benzene rings is 1. The van der Waals surface area contributed by atoms with Gasteiger partial charge >= 0.3 is 0 Å². The Morgan fingerprint density at radius 2 is 2.00 bits per heavy atom. The van der Waals surface area contributed by atoms with Crippen molar-refractivity contribution in [1.82, 2.24) is 5.32 Å². The number of hydrogen-bond donors (Lipinski definition) is 2. The summed E-state index contributed by atoms with van der Waals surface area (Å²) in [5.74, 6) is 2.26. The molecule has 0 amide bonds. The summed E-state index contributed by atoms with van der Waals surface area (Å²) in [6.45, 7) is 2.22. The Labute approximate surface area is 142 Å². The van der Waals surface area contributed by atoms with Gasteiger partial charge in [-0.15, -0.1) is 0 Å². The Bertz CT molecular complexity index is 758. The lowest BCUT2D eigenvalue weighted by Gasteiger charge is -2.37. The van der Waals surface area contributed by atoms with E-state index >= 15 is 0 Å². The van der Waals surface area contributed by atoms with Crippen LogP contribution < -0.4 is 20.5 Å². The van der Waals surface area contributed by atoms with Crippen molar-refractivity contribution in [2.75, 3.05) is 14.2 Å². The molecule has 0 fully saturated rings. The SMILES string of the molecule is COc1ccc([C@H]2NC(N)=C(C#N)C3=C2[C@@H](C)CCC3)cc1OC. The molecule has 24 heavy (non-hydrogen) atoms. The van der Waals surface area contributed by atoms with E-state index in [4.69, 9.17) is 15.2 Å². The molecule has 5 nitrogen and oxygen atoms in total. The fourth-order valence-electron chi connectivity index (χ4n) is 3.80. The van der Waals surface area contributed by atoms with Crippen molar-refractivity contribution in [3.05, 3.63) is 46.3 Å². The first-order valence-corrected chi connectivity index (χ1v) is 8.22. The highest BCUT2D eigenvalue weighted by molar-refractivity contribution is 5.55. The van der Waals surface area contributed by atoms with Crippen molar-refractivity contribution in [3.63, 3.8) is 0 Å². The van der Waals surface area contributed by atoms with Gasteiger partial charge in [0.1, 0.15) is 11.9 Å². The largest absolute Gasteiger partial charge is 0.493 e. The molecule has 1 aromatic carbocycles. The zero-order valence-electron chi connectivity index (χ0n) is 14.3. The standard InChI is InChI=1S/C19H23N3O2/c1-11-5-4-6-13-14(10-20)19(21)22-18(17(11)13)12-7-8-15(23-2)16(9-12)24-3/h7-9,11,18,22H,4-6,21H2,1-3H3/t11-,18+/m0/s1. The number of ether oxygens (including phenoxy) is 2. The quantitative estimate of drug-likeness (QED) is 0.892. The predicted octanol–water partition coefficient (Wildman–Crippen LogP) is 3.16. The molecule has 0 saturated heterocycles. The van der Waals surface area contributed by atoms with Crippen LogP contribution in [-0.2, 0) is 0 Å². The molecule has 0 unspecified atom stereocenters. The highest BCUT2D eigenvalue weighted by atomic mass is 16.5. The van der Waals surface area contributed by atoms with Gasteiger partial charge in [0.2, 0.25) is 0 Å². The van der Waals surface area contributed by atoms with Gasteiger partial charge in [-0.05, 0) is 54.0 Å². The van der Waals surface area contributed by atoms with Gasteiger partial charge in [0, 0.05) is 0 Å². The molecule has 126 valence electrons. The predicted molar refractivity (Wildman–Crippen MR) is 92.3 cm³/mol. The fraction of sp³-hybridized carbons (Fsp3) is 0.421. The van der Waals surface area contributed by atoms with Crippen LogP contribution >= 0.6 is 0 Å². The molecule has 3 N–H and O–H groups in total. The molecule has 2 atom stereocenters. The number of hydrogen-bond acceptors (Lipinski definition) is 5. The van der Waals surface area contributed by atoms with Crippen molar-refractivity contribution < 1.29 is 9.47 Å². The highest BCUT2D eigenvalue weighted by Gasteiger charge is 2.34. The first kappa shape index (κ1) is 16.3. The number of nitriles is 1. The minimum Gasteiger partial charge on any atom is -0.493 e. The number of allylic oxidation sites excluding steroid dienone is 2. The van der Waals surface area contributed by atoms with E-state index in [1.54, 1.807) is 14.2 Å². The molecule has 2 aliphatic rings. The maximum atomic E-state index is 9.50. The van der Waals surface area contributed by atoms with Gasteiger partial charge < -0.3 is 20.5 Å². The molecule has 1 aliphatic carbocycles. The van der Waals surface area contributed by atoms with E-state index in [0.29, 0.717) is 28.8 Å². The van der Waals surface area contributed by atoms with Crippen molar-refractivity contribution in [2.24, 2.45) is 11.7 Å². The molecule has 0 bridgehead atoms. The first-order valence-electron chi connectivity index (χ1n) is 8.22. The van der Waals surface area contributed by atoms with Crippen LogP contribution in [0.5, 0.6) is 11.5 Å². The maximum absolute atomic E-state index is 9.50. The fourth-order valence-corrected chi connectivity index (χ4v) is 3.80. The number of nitrogens with one attached hydrogen (secondary N) is 1. The third-order valence-corrected chi connectivity index (χ3v) is 4.98. The number of methoxy groups -OCH3 is 2. The van der Waals surface area contributed by atoms with Gasteiger partial charge in [0.15, 0.2) is 11.5 Å². The second-order valence-corrected chi connectivity index (χ2v) is 6.32. The van der Waals surface area contributed by atoms with Crippen LogP contribution in [0.1, 0.15) is 37.8 Å². The van der Waals surface area contributed by atoms with Crippen LogP contribution in [-0.4, -0.2) is 14.2 Å². The molecule has 0 saturated carbocycles.